The van der Waals surface area contributed by atoms with Gasteiger partial charge in [-0.1, -0.05) is 6.92 Å². The van der Waals surface area contributed by atoms with E-state index in [0.29, 0.717) is 29.9 Å². The second-order valence-electron chi connectivity index (χ2n) is 6.49. The number of nitrogens with one attached hydrogen (secondary N) is 2. The van der Waals surface area contributed by atoms with Crippen LogP contribution in [0.2, 0.25) is 0 Å². The van der Waals surface area contributed by atoms with E-state index >= 15 is 0 Å². The summed E-state index contributed by atoms with van der Waals surface area (Å²) in [4.78, 5) is 23.2. The second kappa shape index (κ2) is 6.33. The first kappa shape index (κ1) is 17.4. The number of nitrogens with zero attached hydrogens (tertiary/aromatic N) is 2. The molecule has 0 fully saturated rings. The van der Waals surface area contributed by atoms with Crippen molar-refractivity contribution in [1.29, 1.82) is 0 Å². The molecule has 1 aromatic carbocycles. The lowest BCUT2D eigenvalue weighted by Gasteiger charge is -2.18. The van der Waals surface area contributed by atoms with Crippen LogP contribution in [0.5, 0.6) is 0 Å². The van der Waals surface area contributed by atoms with Crippen LogP contribution in [0.25, 0.3) is 0 Å². The highest BCUT2D eigenvalue weighted by atomic mass is 19.2. The summed E-state index contributed by atoms with van der Waals surface area (Å²) in [5, 5.41) is 2.72. The summed E-state index contributed by atoms with van der Waals surface area (Å²) in [6.07, 6.45) is 0.613. The quantitative estimate of drug-likeness (QED) is 0.612. The Morgan fingerprint density at radius 3 is 2.48 bits per heavy atom. The molecule has 140 valence electrons. The van der Waals surface area contributed by atoms with Gasteiger partial charge in [-0.15, -0.1) is 0 Å². The predicted octanol–water partition coefficient (Wildman–Crippen LogP) is 2.74. The third-order valence-corrected chi connectivity index (χ3v) is 4.62. The number of aromatic amines is 1. The predicted molar refractivity (Wildman–Crippen MR) is 90.2 cm³/mol. The molecular formula is C18H14F4N4O. The van der Waals surface area contributed by atoms with Crippen molar-refractivity contribution in [1.82, 2.24) is 10.3 Å². The number of carbonyl (C=O) groups excluding carboxylic acids is 1. The second-order valence-corrected chi connectivity index (χ2v) is 6.49. The van der Waals surface area contributed by atoms with E-state index in [2.05, 4.69) is 20.3 Å². The van der Waals surface area contributed by atoms with Crippen molar-refractivity contribution in [2.45, 2.75) is 13.3 Å². The summed E-state index contributed by atoms with van der Waals surface area (Å²) in [7, 11) is 0. The van der Waals surface area contributed by atoms with E-state index in [0.717, 1.165) is 5.69 Å². The number of halogens is 4. The average Bonchev–Trinajstić information content (AvgIpc) is 3.07. The largest absolute Gasteiger partial charge is 0.357 e. The summed E-state index contributed by atoms with van der Waals surface area (Å²) in [5.41, 5.74) is 1.19. The topological polar surface area (TPSA) is 69.6 Å². The minimum absolute atomic E-state index is 0.126. The number of hydrogen-bond donors (Lipinski definition) is 2. The minimum Gasteiger partial charge on any atom is -0.357 e. The Balaban J connectivity index is 1.81. The van der Waals surface area contributed by atoms with Crippen LogP contribution in [-0.4, -0.2) is 35.5 Å². The van der Waals surface area contributed by atoms with Gasteiger partial charge in [0.05, 0.1) is 22.5 Å². The maximum absolute atomic E-state index is 14.1. The van der Waals surface area contributed by atoms with Crippen LogP contribution in [0.15, 0.2) is 22.1 Å². The van der Waals surface area contributed by atoms with Crippen molar-refractivity contribution in [2.24, 2.45) is 15.9 Å². The fourth-order valence-electron chi connectivity index (χ4n) is 3.23. The van der Waals surface area contributed by atoms with E-state index in [1.54, 1.807) is 13.0 Å². The number of amidine groups is 1. The number of amides is 1. The summed E-state index contributed by atoms with van der Waals surface area (Å²) in [6.45, 7) is 2.43. The third kappa shape index (κ3) is 2.83. The molecule has 27 heavy (non-hydrogen) atoms. The van der Waals surface area contributed by atoms with Gasteiger partial charge in [0.25, 0.3) is 5.91 Å². The Kier molecular flexibility index (Phi) is 4.09. The zero-order chi connectivity index (χ0) is 19.3. The smallest absolute Gasteiger partial charge is 0.253 e. The average molecular weight is 378 g/mol. The number of aromatic nitrogens is 1. The molecule has 1 aromatic heterocycles. The van der Waals surface area contributed by atoms with E-state index in [4.69, 9.17) is 0 Å². The Morgan fingerprint density at radius 2 is 1.81 bits per heavy atom. The van der Waals surface area contributed by atoms with Crippen molar-refractivity contribution >= 4 is 17.5 Å². The molecule has 0 saturated carbocycles. The van der Waals surface area contributed by atoms with Crippen molar-refractivity contribution < 1.29 is 22.4 Å². The Morgan fingerprint density at radius 1 is 1.11 bits per heavy atom. The van der Waals surface area contributed by atoms with Crippen LogP contribution < -0.4 is 5.32 Å². The van der Waals surface area contributed by atoms with Gasteiger partial charge < -0.3 is 10.3 Å². The zero-order valence-corrected chi connectivity index (χ0v) is 14.2. The normalized spacial score (nSPS) is 19.3. The molecule has 2 aliphatic rings. The molecule has 0 bridgehead atoms. The molecule has 1 atom stereocenters. The standard InChI is InChI=1S/C18H14F4N4O/c1-7-6-24-17(13-14(21)9(19)5-10(20)15(13)22)26-16(7)12-4-8-11(25-12)2-3-23-18(8)27/h4-5,7,25H,2-3,6H2,1H3,(H,23,27). The van der Waals surface area contributed by atoms with Crippen molar-refractivity contribution in [3.8, 4) is 0 Å². The van der Waals surface area contributed by atoms with Crippen LogP contribution >= 0.6 is 0 Å². The molecule has 0 saturated heterocycles. The lowest BCUT2D eigenvalue weighted by atomic mass is 10.00. The van der Waals surface area contributed by atoms with Crippen LogP contribution in [-0.2, 0) is 6.42 Å². The summed E-state index contributed by atoms with van der Waals surface area (Å²) < 4.78 is 55.3. The van der Waals surface area contributed by atoms with E-state index in [-0.39, 0.29) is 24.4 Å². The van der Waals surface area contributed by atoms with Gasteiger partial charge in [0, 0.05) is 37.2 Å². The first-order valence-electron chi connectivity index (χ1n) is 8.33. The minimum atomic E-state index is -1.55. The SMILES string of the molecule is CC1CN=C(c2c(F)c(F)cc(F)c2F)N=C1c1cc2c([nH]1)CCNC2=O. The van der Waals surface area contributed by atoms with E-state index < -0.39 is 34.7 Å². The van der Waals surface area contributed by atoms with Gasteiger partial charge in [-0.2, -0.15) is 0 Å². The van der Waals surface area contributed by atoms with Crippen LogP contribution in [0, 0.1) is 29.2 Å². The van der Waals surface area contributed by atoms with Crippen LogP contribution in [0.4, 0.5) is 17.6 Å². The van der Waals surface area contributed by atoms with Crippen LogP contribution in [0.3, 0.4) is 0 Å². The molecule has 2 N–H and O–H groups in total. The molecule has 5 nitrogen and oxygen atoms in total. The van der Waals surface area contributed by atoms with Gasteiger partial charge in [-0.05, 0) is 6.07 Å². The van der Waals surface area contributed by atoms with Gasteiger partial charge in [-0.25, -0.2) is 22.6 Å². The fourth-order valence-corrected chi connectivity index (χ4v) is 3.23. The molecule has 3 heterocycles. The number of rotatable bonds is 2. The molecule has 1 amide bonds. The van der Waals surface area contributed by atoms with Gasteiger partial charge in [0.2, 0.25) is 0 Å². The molecule has 0 aliphatic carbocycles. The highest BCUT2D eigenvalue weighted by Crippen LogP contribution is 2.25. The lowest BCUT2D eigenvalue weighted by molar-refractivity contribution is 0.0946. The number of aliphatic imine (C=N–C) groups is 2. The molecule has 0 radical (unpaired) electrons. The van der Waals surface area contributed by atoms with Gasteiger partial charge in [0.1, 0.15) is 0 Å². The van der Waals surface area contributed by atoms with Crippen molar-refractivity contribution in [3.05, 3.63) is 57.9 Å². The maximum Gasteiger partial charge on any atom is 0.253 e. The monoisotopic (exact) mass is 378 g/mol. The number of fused-ring (bicyclic) bond motifs is 1. The van der Waals surface area contributed by atoms with Gasteiger partial charge in [0.15, 0.2) is 29.1 Å². The Hall–Kier alpha value is -2.97. The summed E-state index contributed by atoms with van der Waals surface area (Å²) in [5.74, 6) is -7.00. The maximum atomic E-state index is 14.1. The van der Waals surface area contributed by atoms with E-state index in [1.807, 2.05) is 0 Å². The number of H-pyrrole nitrogens is 1. The Bertz CT molecular complexity index is 999. The van der Waals surface area contributed by atoms with Crippen molar-refractivity contribution in [3.63, 3.8) is 0 Å². The van der Waals surface area contributed by atoms with Crippen LogP contribution in [0.1, 0.15) is 34.2 Å². The zero-order valence-electron chi connectivity index (χ0n) is 14.2. The summed E-state index contributed by atoms with van der Waals surface area (Å²) >= 11 is 0. The molecule has 2 aromatic rings. The molecule has 1 unspecified atom stereocenters. The highest BCUT2D eigenvalue weighted by Gasteiger charge is 2.29. The van der Waals surface area contributed by atoms with E-state index in [9.17, 15) is 22.4 Å². The Labute approximate surface area is 151 Å². The molecule has 2 aliphatic heterocycles. The molecule has 0 spiro atoms. The highest BCUT2D eigenvalue weighted by molar-refractivity contribution is 6.15. The molecule has 4 rings (SSSR count). The van der Waals surface area contributed by atoms with Gasteiger partial charge in [-0.3, -0.25) is 9.79 Å². The lowest BCUT2D eigenvalue weighted by Crippen LogP contribution is -2.31. The first-order chi connectivity index (χ1) is 12.9. The third-order valence-electron chi connectivity index (χ3n) is 4.62. The number of hydrogen-bond acceptors (Lipinski definition) is 3. The summed E-state index contributed by atoms with van der Waals surface area (Å²) in [6, 6.07) is 1.75. The molecule has 9 heteroatoms. The van der Waals surface area contributed by atoms with Gasteiger partial charge >= 0.3 is 0 Å². The number of carbonyl (C=O) groups is 1. The van der Waals surface area contributed by atoms with E-state index in [1.165, 1.54) is 0 Å². The first-order valence-corrected chi connectivity index (χ1v) is 8.33. The number of benzene rings is 1. The van der Waals surface area contributed by atoms with Crippen molar-refractivity contribution in [2.75, 3.05) is 13.1 Å². The molecular weight excluding hydrogens is 364 g/mol. The fraction of sp³-hybridized carbons (Fsp3) is 0.278.